The van der Waals surface area contributed by atoms with Crippen LogP contribution in [0.4, 0.5) is 5.69 Å². The molecular formula is C25H28N2O8S. The van der Waals surface area contributed by atoms with Crippen LogP contribution in [0, 0.1) is 0 Å². The zero-order valence-electron chi connectivity index (χ0n) is 20.4. The summed E-state index contributed by atoms with van der Waals surface area (Å²) < 4.78 is 54.6. The Morgan fingerprint density at radius 2 is 1.64 bits per heavy atom. The van der Waals surface area contributed by atoms with Crippen molar-refractivity contribution in [3.8, 4) is 28.7 Å². The highest BCUT2D eigenvalue weighted by molar-refractivity contribution is 7.95. The average Bonchev–Trinajstić information content (AvgIpc) is 2.87. The number of carbonyl (C=O) groups excluding carboxylic acids is 1. The monoisotopic (exact) mass is 516 g/mol. The Labute approximate surface area is 210 Å². The fraction of sp³-hybridized carbons (Fsp3) is 0.240. The van der Waals surface area contributed by atoms with Gasteiger partial charge in [0.15, 0.2) is 11.5 Å². The first-order valence-corrected chi connectivity index (χ1v) is 12.3. The van der Waals surface area contributed by atoms with Crippen LogP contribution in [0.3, 0.4) is 0 Å². The van der Waals surface area contributed by atoms with Crippen molar-refractivity contribution in [3.05, 3.63) is 65.7 Å². The number of esters is 1. The van der Waals surface area contributed by atoms with Crippen molar-refractivity contribution in [1.29, 1.82) is 0 Å². The smallest absolute Gasteiger partial charge is 0.331 e. The van der Waals surface area contributed by atoms with Crippen LogP contribution in [0.1, 0.15) is 5.56 Å². The van der Waals surface area contributed by atoms with Gasteiger partial charge in [0.05, 0.1) is 45.1 Å². The molecule has 0 fully saturated rings. The van der Waals surface area contributed by atoms with Crippen LogP contribution in [-0.2, 0) is 14.8 Å². The number of allylic oxidation sites excluding steroid dienone is 2. The molecule has 3 rings (SSSR count). The fourth-order valence-electron chi connectivity index (χ4n) is 3.32. The summed E-state index contributed by atoms with van der Waals surface area (Å²) in [4.78, 5) is 14.2. The largest absolute Gasteiger partial charge is 0.496 e. The Kier molecular flexibility index (Phi) is 8.85. The predicted octanol–water partition coefficient (Wildman–Crippen LogP) is 3.42. The number of hydrogen-bond donors (Lipinski definition) is 1. The summed E-state index contributed by atoms with van der Waals surface area (Å²) in [6, 6.07) is 7.60. The number of methoxy groups -OCH3 is 4. The first-order valence-electron chi connectivity index (χ1n) is 10.8. The zero-order chi connectivity index (χ0) is 26.1. The van der Waals surface area contributed by atoms with Gasteiger partial charge in [-0.1, -0.05) is 12.2 Å². The molecule has 0 amide bonds. The van der Waals surface area contributed by atoms with E-state index in [4.69, 9.17) is 23.7 Å². The van der Waals surface area contributed by atoms with Gasteiger partial charge >= 0.3 is 5.97 Å². The van der Waals surface area contributed by atoms with E-state index < -0.39 is 16.0 Å². The van der Waals surface area contributed by atoms with Crippen LogP contribution in [0.15, 0.2) is 60.2 Å². The summed E-state index contributed by atoms with van der Waals surface area (Å²) in [6.45, 7) is 0.604. The lowest BCUT2D eigenvalue weighted by Crippen LogP contribution is -2.29. The topological polar surface area (TPSA) is 113 Å². The molecule has 0 spiro atoms. The van der Waals surface area contributed by atoms with Crippen molar-refractivity contribution in [2.45, 2.75) is 0 Å². The number of benzene rings is 2. The molecule has 2 aromatic rings. The van der Waals surface area contributed by atoms with Gasteiger partial charge in [0.1, 0.15) is 23.8 Å². The van der Waals surface area contributed by atoms with E-state index >= 15 is 0 Å². The highest BCUT2D eigenvalue weighted by atomic mass is 32.2. The summed E-state index contributed by atoms with van der Waals surface area (Å²) in [5.41, 5.74) is 0.592. The molecule has 2 aromatic carbocycles. The molecule has 36 heavy (non-hydrogen) atoms. The molecule has 0 aliphatic carbocycles. The van der Waals surface area contributed by atoms with Crippen molar-refractivity contribution in [1.82, 2.24) is 4.90 Å². The first-order chi connectivity index (χ1) is 17.3. The molecule has 0 atom stereocenters. The molecule has 1 heterocycles. The molecular weight excluding hydrogens is 488 g/mol. The molecule has 0 unspecified atom stereocenters. The Balaban J connectivity index is 1.78. The van der Waals surface area contributed by atoms with E-state index in [1.54, 1.807) is 23.2 Å². The van der Waals surface area contributed by atoms with Crippen LogP contribution in [0.5, 0.6) is 28.7 Å². The van der Waals surface area contributed by atoms with E-state index in [0.29, 0.717) is 29.4 Å². The molecule has 0 aromatic heterocycles. The maximum absolute atomic E-state index is 12.8. The quantitative estimate of drug-likeness (QED) is 0.355. The van der Waals surface area contributed by atoms with Crippen molar-refractivity contribution in [3.63, 3.8) is 0 Å². The van der Waals surface area contributed by atoms with E-state index in [2.05, 4.69) is 4.72 Å². The van der Waals surface area contributed by atoms with Crippen LogP contribution in [0.25, 0.3) is 6.08 Å². The molecule has 10 nitrogen and oxygen atoms in total. The average molecular weight is 517 g/mol. The Bertz CT molecular complexity index is 1260. The van der Waals surface area contributed by atoms with E-state index in [0.717, 1.165) is 5.41 Å². The first kappa shape index (κ1) is 26.5. The van der Waals surface area contributed by atoms with Gasteiger partial charge in [0, 0.05) is 24.7 Å². The lowest BCUT2D eigenvalue weighted by molar-refractivity contribution is -0.135. The molecule has 0 saturated heterocycles. The second-order valence-electron chi connectivity index (χ2n) is 7.43. The maximum Gasteiger partial charge on any atom is 0.331 e. The lowest BCUT2D eigenvalue weighted by Gasteiger charge is -2.19. The zero-order valence-corrected chi connectivity index (χ0v) is 21.2. The number of nitrogens with zero attached hydrogens (tertiary/aromatic N) is 1. The minimum absolute atomic E-state index is 0.0220. The highest BCUT2D eigenvalue weighted by Gasteiger charge is 2.16. The second-order valence-corrected chi connectivity index (χ2v) is 9.00. The lowest BCUT2D eigenvalue weighted by atomic mass is 10.1. The van der Waals surface area contributed by atoms with Crippen LogP contribution < -0.4 is 28.4 Å². The van der Waals surface area contributed by atoms with Gasteiger partial charge in [-0.05, 0) is 30.5 Å². The molecule has 11 heteroatoms. The summed E-state index contributed by atoms with van der Waals surface area (Å²) in [6.07, 6.45) is 8.74. The van der Waals surface area contributed by atoms with Gasteiger partial charge in [-0.3, -0.25) is 4.72 Å². The summed E-state index contributed by atoms with van der Waals surface area (Å²) in [7, 11) is 1.87. The highest BCUT2D eigenvalue weighted by Crippen LogP contribution is 2.35. The van der Waals surface area contributed by atoms with E-state index in [1.807, 2.05) is 18.2 Å². The van der Waals surface area contributed by atoms with Gasteiger partial charge in [0.2, 0.25) is 0 Å². The van der Waals surface area contributed by atoms with Gasteiger partial charge < -0.3 is 28.6 Å². The normalized spacial score (nSPS) is 12.9. The van der Waals surface area contributed by atoms with Gasteiger partial charge in [0.25, 0.3) is 10.0 Å². The second kappa shape index (κ2) is 12.0. The third kappa shape index (κ3) is 6.95. The van der Waals surface area contributed by atoms with E-state index in [-0.39, 0.29) is 23.7 Å². The molecule has 1 aliphatic rings. The maximum atomic E-state index is 12.8. The molecule has 0 radical (unpaired) electrons. The summed E-state index contributed by atoms with van der Waals surface area (Å²) in [5.74, 6) is 1.08. The predicted molar refractivity (Wildman–Crippen MR) is 136 cm³/mol. The van der Waals surface area contributed by atoms with Crippen LogP contribution in [-0.4, -0.2) is 60.8 Å². The third-order valence-electron chi connectivity index (χ3n) is 5.03. The number of nitrogens with one attached hydrogen (secondary N) is 1. The summed E-state index contributed by atoms with van der Waals surface area (Å²) in [5, 5.41) is 0.978. The molecule has 1 N–H and O–H groups in total. The van der Waals surface area contributed by atoms with Gasteiger partial charge in [-0.15, -0.1) is 0 Å². The SMILES string of the molecule is COc1cc(OC)c(C=CS(=O)(=O)Nc2ccc(OC)c(OC(=O)CN3C=CC=CC3)c2)c(OC)c1. The number of anilines is 1. The van der Waals surface area contributed by atoms with Crippen LogP contribution in [0.2, 0.25) is 0 Å². The molecule has 192 valence electrons. The number of carbonyl (C=O) groups is 1. The standard InChI is InChI=1S/C25H28N2O8S/c1-31-19-15-22(33-3)20(23(16-19)34-4)10-13-36(29,30)26-18-8-9-21(32-2)24(14-18)35-25(28)17-27-11-6-5-7-12-27/h5-11,13-16,26H,12,17H2,1-4H3. The van der Waals surface area contributed by atoms with Crippen molar-refractivity contribution < 1.29 is 36.9 Å². The minimum atomic E-state index is -3.97. The molecule has 0 saturated carbocycles. The Morgan fingerprint density at radius 3 is 2.22 bits per heavy atom. The van der Waals surface area contributed by atoms with Crippen LogP contribution >= 0.6 is 0 Å². The number of ether oxygens (including phenoxy) is 5. The number of rotatable bonds is 11. The summed E-state index contributed by atoms with van der Waals surface area (Å²) >= 11 is 0. The van der Waals surface area contributed by atoms with E-state index in [9.17, 15) is 13.2 Å². The number of hydrogen-bond acceptors (Lipinski definition) is 9. The van der Waals surface area contributed by atoms with Crippen molar-refractivity contribution in [2.75, 3.05) is 46.3 Å². The van der Waals surface area contributed by atoms with E-state index in [1.165, 1.54) is 52.7 Å². The minimum Gasteiger partial charge on any atom is -0.496 e. The number of sulfonamides is 1. The third-order valence-corrected chi connectivity index (χ3v) is 6.05. The molecule has 0 bridgehead atoms. The Morgan fingerprint density at radius 1 is 0.944 bits per heavy atom. The molecule has 1 aliphatic heterocycles. The van der Waals surface area contributed by atoms with Crippen molar-refractivity contribution >= 4 is 27.8 Å². The Hall–Kier alpha value is -4.12. The van der Waals surface area contributed by atoms with Gasteiger partial charge in [-0.25, -0.2) is 13.2 Å². The van der Waals surface area contributed by atoms with Crippen molar-refractivity contribution in [2.24, 2.45) is 0 Å². The van der Waals surface area contributed by atoms with Gasteiger partial charge in [-0.2, -0.15) is 0 Å². The fourth-order valence-corrected chi connectivity index (χ4v) is 4.16.